The number of nitrogens with zero attached hydrogens (tertiary/aromatic N) is 4. The summed E-state index contributed by atoms with van der Waals surface area (Å²) in [7, 11) is 1.68. The topological polar surface area (TPSA) is 93.7 Å². The van der Waals surface area contributed by atoms with Crippen molar-refractivity contribution in [1.29, 1.82) is 0 Å². The molecule has 0 radical (unpaired) electrons. The summed E-state index contributed by atoms with van der Waals surface area (Å²) in [5.41, 5.74) is 6.71. The first-order chi connectivity index (χ1) is 12.4. The molecule has 3 heterocycles. The van der Waals surface area contributed by atoms with Crippen LogP contribution in [-0.4, -0.2) is 71.3 Å². The number of nitrogens with two attached hydrogens (primary N) is 1. The summed E-state index contributed by atoms with van der Waals surface area (Å²) < 4.78 is 6.63. The second-order valence-corrected chi connectivity index (χ2v) is 7.59. The number of amides is 2. The van der Waals surface area contributed by atoms with Gasteiger partial charge in [0.15, 0.2) is 0 Å². The SMILES string of the molecule is COCCCN1CC2(CCN(C(=O)Cn3nc(C)cc3N)CC2)CC1=O. The van der Waals surface area contributed by atoms with E-state index in [0.29, 0.717) is 31.9 Å². The molecule has 0 aliphatic carbocycles. The lowest BCUT2D eigenvalue weighted by atomic mass is 9.77. The van der Waals surface area contributed by atoms with E-state index in [4.69, 9.17) is 10.5 Å². The number of aromatic nitrogens is 2. The number of aryl methyl sites for hydroxylation is 1. The fraction of sp³-hybridized carbons (Fsp3) is 0.722. The lowest BCUT2D eigenvalue weighted by molar-refractivity contribution is -0.134. The van der Waals surface area contributed by atoms with E-state index in [1.807, 2.05) is 16.7 Å². The summed E-state index contributed by atoms with van der Waals surface area (Å²) in [6.07, 6.45) is 3.22. The first-order valence-electron chi connectivity index (χ1n) is 9.27. The van der Waals surface area contributed by atoms with Crippen molar-refractivity contribution in [3.63, 3.8) is 0 Å². The van der Waals surface area contributed by atoms with Crippen molar-refractivity contribution in [3.8, 4) is 0 Å². The van der Waals surface area contributed by atoms with Crippen LogP contribution in [0.15, 0.2) is 6.07 Å². The van der Waals surface area contributed by atoms with Gasteiger partial charge in [-0.05, 0) is 26.2 Å². The minimum atomic E-state index is 0.0300. The van der Waals surface area contributed by atoms with Gasteiger partial charge in [-0.2, -0.15) is 5.10 Å². The van der Waals surface area contributed by atoms with Crippen molar-refractivity contribution in [2.45, 2.75) is 39.2 Å². The van der Waals surface area contributed by atoms with Crippen LogP contribution in [0.2, 0.25) is 0 Å². The molecule has 1 aromatic heterocycles. The van der Waals surface area contributed by atoms with Crippen LogP contribution in [0.1, 0.15) is 31.4 Å². The normalized spacial score (nSPS) is 19.5. The maximum Gasteiger partial charge on any atom is 0.244 e. The lowest BCUT2D eigenvalue weighted by Gasteiger charge is -2.38. The van der Waals surface area contributed by atoms with Crippen molar-refractivity contribution >= 4 is 17.6 Å². The first kappa shape index (κ1) is 18.7. The first-order valence-corrected chi connectivity index (χ1v) is 9.27. The van der Waals surface area contributed by atoms with Crippen molar-refractivity contribution in [2.24, 2.45) is 5.41 Å². The Bertz CT molecular complexity index is 664. The second kappa shape index (κ2) is 7.65. The van der Waals surface area contributed by atoms with E-state index in [9.17, 15) is 9.59 Å². The molecule has 2 aliphatic heterocycles. The van der Waals surface area contributed by atoms with Gasteiger partial charge in [0.1, 0.15) is 12.4 Å². The number of hydrogen-bond acceptors (Lipinski definition) is 5. The number of nitrogen functional groups attached to an aromatic ring is 1. The zero-order chi connectivity index (χ0) is 18.7. The molecule has 0 atom stereocenters. The Morgan fingerprint density at radius 1 is 1.38 bits per heavy atom. The van der Waals surface area contributed by atoms with Gasteiger partial charge in [0, 0.05) is 57.8 Å². The van der Waals surface area contributed by atoms with Gasteiger partial charge in [-0.25, -0.2) is 4.68 Å². The summed E-state index contributed by atoms with van der Waals surface area (Å²) in [6.45, 7) is 5.66. The van der Waals surface area contributed by atoms with Gasteiger partial charge in [-0.3, -0.25) is 9.59 Å². The molecule has 0 saturated carbocycles. The number of ether oxygens (including phenoxy) is 1. The van der Waals surface area contributed by atoms with Gasteiger partial charge in [-0.1, -0.05) is 0 Å². The van der Waals surface area contributed by atoms with Crippen molar-refractivity contribution < 1.29 is 14.3 Å². The molecule has 1 aromatic rings. The molecule has 2 aliphatic rings. The van der Waals surface area contributed by atoms with Crippen LogP contribution < -0.4 is 5.73 Å². The second-order valence-electron chi connectivity index (χ2n) is 7.59. The number of methoxy groups -OCH3 is 1. The molecular weight excluding hydrogens is 334 g/mol. The van der Waals surface area contributed by atoms with Crippen molar-refractivity contribution in [2.75, 3.05) is 45.6 Å². The largest absolute Gasteiger partial charge is 0.385 e. The Hall–Kier alpha value is -2.09. The number of carbonyl (C=O) groups is 2. The molecule has 144 valence electrons. The zero-order valence-corrected chi connectivity index (χ0v) is 15.7. The summed E-state index contributed by atoms with van der Waals surface area (Å²) in [5, 5.41) is 4.25. The summed E-state index contributed by atoms with van der Waals surface area (Å²) in [4.78, 5) is 28.7. The highest BCUT2D eigenvalue weighted by atomic mass is 16.5. The average molecular weight is 363 g/mol. The molecule has 2 saturated heterocycles. The van der Waals surface area contributed by atoms with Crippen molar-refractivity contribution in [1.82, 2.24) is 19.6 Å². The van der Waals surface area contributed by atoms with Gasteiger partial charge >= 0.3 is 0 Å². The van der Waals surface area contributed by atoms with Gasteiger partial charge in [-0.15, -0.1) is 0 Å². The van der Waals surface area contributed by atoms with E-state index in [1.54, 1.807) is 17.9 Å². The summed E-state index contributed by atoms with van der Waals surface area (Å²) in [5.74, 6) is 0.786. The van der Waals surface area contributed by atoms with E-state index in [0.717, 1.165) is 38.0 Å². The standard InChI is InChI=1S/C18H29N5O3/c1-14-10-15(19)23(20-14)12-17(25)21-7-4-18(5-8-21)11-16(24)22(13-18)6-3-9-26-2/h10H,3-9,11-13,19H2,1-2H3. The predicted molar refractivity (Wildman–Crippen MR) is 97.3 cm³/mol. The Kier molecular flexibility index (Phi) is 5.50. The molecule has 0 unspecified atom stereocenters. The quantitative estimate of drug-likeness (QED) is 0.749. The Balaban J connectivity index is 1.51. The fourth-order valence-corrected chi connectivity index (χ4v) is 4.07. The smallest absolute Gasteiger partial charge is 0.244 e. The highest BCUT2D eigenvalue weighted by Gasteiger charge is 2.45. The number of rotatable bonds is 6. The molecule has 0 bridgehead atoms. The van der Waals surface area contributed by atoms with Crippen LogP contribution >= 0.6 is 0 Å². The van der Waals surface area contributed by atoms with E-state index in [1.165, 1.54) is 0 Å². The van der Waals surface area contributed by atoms with Crippen molar-refractivity contribution in [3.05, 3.63) is 11.8 Å². The average Bonchev–Trinajstić information content (AvgIpc) is 3.07. The van der Waals surface area contributed by atoms with Crippen LogP contribution in [0.4, 0.5) is 5.82 Å². The number of carbonyl (C=O) groups excluding carboxylic acids is 2. The molecule has 8 heteroatoms. The van der Waals surface area contributed by atoms with Gasteiger partial charge < -0.3 is 20.3 Å². The van der Waals surface area contributed by atoms with Crippen LogP contribution in [0.5, 0.6) is 0 Å². The third-order valence-electron chi connectivity index (χ3n) is 5.58. The van der Waals surface area contributed by atoms with E-state index >= 15 is 0 Å². The van der Waals surface area contributed by atoms with Crippen LogP contribution in [0, 0.1) is 12.3 Å². The highest BCUT2D eigenvalue weighted by molar-refractivity contribution is 5.80. The van der Waals surface area contributed by atoms with Crippen LogP contribution in [0.25, 0.3) is 0 Å². The molecule has 2 fully saturated rings. The number of anilines is 1. The molecule has 2 amide bonds. The molecule has 26 heavy (non-hydrogen) atoms. The third-order valence-corrected chi connectivity index (χ3v) is 5.58. The maximum absolute atomic E-state index is 12.6. The molecule has 1 spiro atoms. The summed E-state index contributed by atoms with van der Waals surface area (Å²) in [6, 6.07) is 1.76. The van der Waals surface area contributed by atoms with Gasteiger partial charge in [0.05, 0.1) is 5.69 Å². The molecule has 8 nitrogen and oxygen atoms in total. The number of likely N-dealkylation sites (tertiary alicyclic amines) is 2. The summed E-state index contributed by atoms with van der Waals surface area (Å²) >= 11 is 0. The van der Waals surface area contributed by atoms with Crippen LogP contribution in [-0.2, 0) is 20.9 Å². The van der Waals surface area contributed by atoms with Crippen LogP contribution in [0.3, 0.4) is 0 Å². The molecule has 3 rings (SSSR count). The van der Waals surface area contributed by atoms with Gasteiger partial charge in [0.2, 0.25) is 11.8 Å². The molecule has 0 aromatic carbocycles. The monoisotopic (exact) mass is 363 g/mol. The van der Waals surface area contributed by atoms with E-state index < -0.39 is 0 Å². The lowest BCUT2D eigenvalue weighted by Crippen LogP contribution is -2.45. The Labute approximate surface area is 154 Å². The molecule has 2 N–H and O–H groups in total. The predicted octanol–water partition coefficient (Wildman–Crippen LogP) is 0.651. The minimum absolute atomic E-state index is 0.0300. The number of hydrogen-bond donors (Lipinski definition) is 1. The Morgan fingerprint density at radius 3 is 2.73 bits per heavy atom. The zero-order valence-electron chi connectivity index (χ0n) is 15.7. The van der Waals surface area contributed by atoms with Gasteiger partial charge in [0.25, 0.3) is 0 Å². The van der Waals surface area contributed by atoms with E-state index in [2.05, 4.69) is 5.10 Å². The molecular formula is C18H29N5O3. The van der Waals surface area contributed by atoms with E-state index in [-0.39, 0.29) is 23.8 Å². The maximum atomic E-state index is 12.6. The fourth-order valence-electron chi connectivity index (χ4n) is 4.07. The Morgan fingerprint density at radius 2 is 2.12 bits per heavy atom. The minimum Gasteiger partial charge on any atom is -0.385 e. The number of piperidine rings is 1. The third kappa shape index (κ3) is 4.00. The highest BCUT2D eigenvalue weighted by Crippen LogP contribution is 2.41.